The summed E-state index contributed by atoms with van der Waals surface area (Å²) < 4.78 is 10.4. The number of amides is 1. The third-order valence-electron chi connectivity index (χ3n) is 5.66. The molecule has 0 aliphatic carbocycles. The number of hydrogen-bond donors (Lipinski definition) is 1. The van der Waals surface area contributed by atoms with Crippen LogP contribution in [-0.4, -0.2) is 50.8 Å². The van der Waals surface area contributed by atoms with Gasteiger partial charge < -0.3 is 19.7 Å². The van der Waals surface area contributed by atoms with E-state index in [0.29, 0.717) is 22.6 Å². The fourth-order valence-electron chi connectivity index (χ4n) is 4.10. The highest BCUT2D eigenvalue weighted by molar-refractivity contribution is 6.24. The Balaban J connectivity index is 1.81. The number of rotatable bonds is 7. The first-order valence-corrected chi connectivity index (χ1v) is 10.9. The van der Waals surface area contributed by atoms with Gasteiger partial charge in [0.05, 0.1) is 31.2 Å². The summed E-state index contributed by atoms with van der Waals surface area (Å²) in [7, 11) is 6.97. The van der Waals surface area contributed by atoms with Crippen LogP contribution in [-0.2, 0) is 16.1 Å². The minimum atomic E-state index is -0.628. The molecule has 4 rings (SSSR count). The van der Waals surface area contributed by atoms with Gasteiger partial charge in [-0.2, -0.15) is 0 Å². The van der Waals surface area contributed by atoms with E-state index in [-0.39, 0.29) is 5.91 Å². The first kappa shape index (κ1) is 23.2. The Hall–Kier alpha value is -3.97. The molecule has 1 heterocycles. The highest BCUT2D eigenvalue weighted by Gasteiger charge is 2.36. The van der Waals surface area contributed by atoms with E-state index in [9.17, 15) is 9.59 Å². The molecule has 0 fully saturated rings. The number of nitrogens with one attached hydrogen (secondary N) is 1. The molecule has 0 saturated carbocycles. The van der Waals surface area contributed by atoms with E-state index >= 15 is 0 Å². The molecule has 1 aliphatic heterocycles. The van der Waals surface area contributed by atoms with E-state index in [1.807, 2.05) is 62.6 Å². The van der Waals surface area contributed by atoms with Crippen LogP contribution in [0.2, 0.25) is 0 Å². The highest BCUT2D eigenvalue weighted by atomic mass is 16.5. The lowest BCUT2D eigenvalue weighted by molar-refractivity contribution is -0.115. The average Bonchev–Trinajstić information content (AvgIpc) is 3.17. The Morgan fingerprint density at radius 1 is 1.00 bits per heavy atom. The topological polar surface area (TPSA) is 80.2 Å². The number of fused-ring (bicyclic) bond motifs is 1. The predicted molar refractivity (Wildman–Crippen MR) is 132 cm³/mol. The fraction of sp³-hybridized carbons (Fsp3) is 0.222. The molecule has 7 nitrogen and oxygen atoms in total. The molecule has 3 aromatic carbocycles. The van der Waals surface area contributed by atoms with E-state index in [4.69, 9.17) is 14.5 Å². The van der Waals surface area contributed by atoms with Gasteiger partial charge in [0, 0.05) is 23.9 Å². The summed E-state index contributed by atoms with van der Waals surface area (Å²) in [6.45, 7) is 0.736. The number of aliphatic imine (C=N–C) groups is 1. The zero-order valence-electron chi connectivity index (χ0n) is 19.7. The van der Waals surface area contributed by atoms with Crippen molar-refractivity contribution in [2.75, 3.05) is 33.6 Å². The number of esters is 1. The van der Waals surface area contributed by atoms with Gasteiger partial charge in [0.2, 0.25) is 5.91 Å². The monoisotopic (exact) mass is 457 g/mol. The summed E-state index contributed by atoms with van der Waals surface area (Å²) in [6, 6.07) is 20.5. The third kappa shape index (κ3) is 4.70. The predicted octanol–water partition coefficient (Wildman–Crippen LogP) is 4.40. The lowest BCUT2D eigenvalue weighted by Crippen LogP contribution is -2.22. The summed E-state index contributed by atoms with van der Waals surface area (Å²) in [6.07, 6.45) is 0. The Morgan fingerprint density at radius 3 is 2.44 bits per heavy atom. The van der Waals surface area contributed by atoms with Gasteiger partial charge in [-0.15, -0.1) is 0 Å². The van der Waals surface area contributed by atoms with Gasteiger partial charge in [0.15, 0.2) is 0 Å². The van der Waals surface area contributed by atoms with E-state index in [1.165, 1.54) is 7.11 Å². The number of carbonyl (C=O) groups excluding carboxylic acids is 2. The number of nitrogens with zero attached hydrogens (tertiary/aromatic N) is 2. The Morgan fingerprint density at radius 2 is 1.76 bits per heavy atom. The molecule has 3 aromatic rings. The fourth-order valence-corrected chi connectivity index (χ4v) is 4.10. The number of hydrogen-bond acceptors (Lipinski definition) is 6. The molecule has 0 bridgehead atoms. The van der Waals surface area contributed by atoms with Crippen molar-refractivity contribution in [3.63, 3.8) is 0 Å². The molecule has 0 radical (unpaired) electrons. The lowest BCUT2D eigenvalue weighted by Gasteiger charge is -2.16. The first-order chi connectivity index (χ1) is 16.4. The smallest absolute Gasteiger partial charge is 0.337 e. The second-order valence-corrected chi connectivity index (χ2v) is 8.31. The van der Waals surface area contributed by atoms with Gasteiger partial charge in [-0.3, -0.25) is 9.79 Å². The van der Waals surface area contributed by atoms with Crippen LogP contribution in [0.1, 0.15) is 33.0 Å². The van der Waals surface area contributed by atoms with E-state index < -0.39 is 11.9 Å². The van der Waals surface area contributed by atoms with Crippen molar-refractivity contribution < 1.29 is 19.1 Å². The minimum absolute atomic E-state index is 0.198. The normalized spacial score (nSPS) is 15.1. The molecule has 1 unspecified atom stereocenters. The molecule has 1 amide bonds. The lowest BCUT2D eigenvalue weighted by atomic mass is 9.90. The van der Waals surface area contributed by atoms with Crippen molar-refractivity contribution in [3.8, 4) is 5.75 Å². The summed E-state index contributed by atoms with van der Waals surface area (Å²) in [5.41, 5.74) is 4.91. The van der Waals surface area contributed by atoms with Crippen molar-refractivity contribution in [3.05, 3.63) is 89.0 Å². The SMILES string of the molecule is COC(=O)c1ccc2c(c1)NC(=O)C2C(=Nc1ccc(CN(C)C)c(OC)c1)c1ccccc1. The van der Waals surface area contributed by atoms with Crippen molar-refractivity contribution >= 4 is 29.0 Å². The average molecular weight is 458 g/mol. The molecule has 1 aliphatic rings. The Bertz CT molecular complexity index is 1250. The van der Waals surface area contributed by atoms with Crippen molar-refractivity contribution in [2.45, 2.75) is 12.5 Å². The molecule has 0 spiro atoms. The van der Waals surface area contributed by atoms with Crippen LogP contribution in [0.15, 0.2) is 71.7 Å². The standard InChI is InChI=1S/C27H27N3O4/c1-30(2)16-19-10-12-20(15-23(19)33-3)28-25(17-8-6-5-7-9-17)24-21-13-11-18(27(32)34-4)14-22(21)29-26(24)31/h5-15,24H,16H2,1-4H3,(H,29,31). The quantitative estimate of drug-likeness (QED) is 0.420. The van der Waals surface area contributed by atoms with Crippen LogP contribution in [0.3, 0.4) is 0 Å². The van der Waals surface area contributed by atoms with Crippen LogP contribution in [0, 0.1) is 0 Å². The molecule has 1 atom stereocenters. The molecular weight excluding hydrogens is 430 g/mol. The molecule has 174 valence electrons. The minimum Gasteiger partial charge on any atom is -0.496 e. The first-order valence-electron chi connectivity index (χ1n) is 10.9. The van der Waals surface area contributed by atoms with Crippen LogP contribution >= 0.6 is 0 Å². The van der Waals surface area contributed by atoms with E-state index in [0.717, 1.165) is 29.0 Å². The molecular formula is C27H27N3O4. The van der Waals surface area contributed by atoms with Crippen molar-refractivity contribution in [1.82, 2.24) is 4.90 Å². The highest BCUT2D eigenvalue weighted by Crippen LogP contribution is 2.37. The number of methoxy groups -OCH3 is 2. The van der Waals surface area contributed by atoms with Crippen LogP contribution in [0.5, 0.6) is 5.75 Å². The summed E-state index contributed by atoms with van der Waals surface area (Å²) in [5.74, 6) is -0.545. The van der Waals surface area contributed by atoms with Gasteiger partial charge in [0.25, 0.3) is 0 Å². The van der Waals surface area contributed by atoms with Crippen LogP contribution in [0.4, 0.5) is 11.4 Å². The summed E-state index contributed by atoms with van der Waals surface area (Å²) in [4.78, 5) is 32.1. The third-order valence-corrected chi connectivity index (χ3v) is 5.66. The zero-order valence-corrected chi connectivity index (χ0v) is 19.7. The van der Waals surface area contributed by atoms with E-state index in [1.54, 1.807) is 25.3 Å². The maximum absolute atomic E-state index is 13.1. The maximum Gasteiger partial charge on any atom is 0.337 e. The van der Waals surface area contributed by atoms with Crippen molar-refractivity contribution in [2.24, 2.45) is 4.99 Å². The van der Waals surface area contributed by atoms with Gasteiger partial charge in [-0.1, -0.05) is 42.5 Å². The van der Waals surface area contributed by atoms with Gasteiger partial charge in [-0.25, -0.2) is 4.79 Å². The molecule has 34 heavy (non-hydrogen) atoms. The Labute approximate surface area is 199 Å². The number of ether oxygens (including phenoxy) is 2. The number of benzene rings is 3. The summed E-state index contributed by atoms with van der Waals surface area (Å²) in [5, 5.41) is 2.90. The Kier molecular flexibility index (Phi) is 6.75. The van der Waals surface area contributed by atoms with Crippen LogP contribution in [0.25, 0.3) is 0 Å². The molecule has 1 N–H and O–H groups in total. The number of carbonyl (C=O) groups is 2. The molecule has 7 heteroatoms. The second-order valence-electron chi connectivity index (χ2n) is 8.31. The van der Waals surface area contributed by atoms with Gasteiger partial charge in [0.1, 0.15) is 11.7 Å². The van der Waals surface area contributed by atoms with Crippen LogP contribution < -0.4 is 10.1 Å². The summed E-state index contributed by atoms with van der Waals surface area (Å²) >= 11 is 0. The number of anilines is 1. The van der Waals surface area contributed by atoms with Crippen molar-refractivity contribution in [1.29, 1.82) is 0 Å². The van der Waals surface area contributed by atoms with E-state index in [2.05, 4.69) is 10.2 Å². The van der Waals surface area contributed by atoms with Gasteiger partial charge >= 0.3 is 5.97 Å². The molecule has 0 saturated heterocycles. The van der Waals surface area contributed by atoms with Gasteiger partial charge in [-0.05, 0) is 43.4 Å². The zero-order chi connectivity index (χ0) is 24.2. The second kappa shape index (κ2) is 9.89. The maximum atomic E-state index is 13.1. The molecule has 0 aromatic heterocycles. The largest absolute Gasteiger partial charge is 0.496 e.